The highest BCUT2D eigenvalue weighted by Gasteiger charge is 2.33. The normalized spacial score (nSPS) is 15.5. The molecule has 0 fully saturated rings. The van der Waals surface area contributed by atoms with Crippen molar-refractivity contribution in [2.24, 2.45) is 11.3 Å². The fraction of sp³-hybridized carbons (Fsp3) is 0.750. The first-order valence-electron chi connectivity index (χ1n) is 3.57. The number of rotatable bonds is 3. The molecule has 3 nitrogen and oxygen atoms in total. The molecule has 0 aliphatic rings. The standard InChI is InChI=1S/C8H13NO2/c1-6(2)4-8(3,5-9)7(10)11/h6H,4H2,1-3H3,(H,10,11). The summed E-state index contributed by atoms with van der Waals surface area (Å²) in [6.07, 6.45) is 0.402. The van der Waals surface area contributed by atoms with E-state index in [9.17, 15) is 4.79 Å². The first-order valence-corrected chi connectivity index (χ1v) is 3.57. The number of hydrogen-bond donors (Lipinski definition) is 1. The van der Waals surface area contributed by atoms with E-state index in [2.05, 4.69) is 0 Å². The van der Waals surface area contributed by atoms with Crippen molar-refractivity contribution in [3.8, 4) is 6.07 Å². The molecule has 3 heteroatoms. The molecule has 0 radical (unpaired) electrons. The van der Waals surface area contributed by atoms with Crippen molar-refractivity contribution in [1.29, 1.82) is 5.26 Å². The van der Waals surface area contributed by atoms with Crippen LogP contribution in [0.3, 0.4) is 0 Å². The molecule has 62 valence electrons. The molecule has 0 aromatic rings. The molecule has 11 heavy (non-hydrogen) atoms. The number of carboxylic acid groups (broad SMARTS) is 1. The lowest BCUT2D eigenvalue weighted by molar-refractivity contribution is -0.145. The monoisotopic (exact) mass is 155 g/mol. The van der Waals surface area contributed by atoms with E-state index < -0.39 is 11.4 Å². The van der Waals surface area contributed by atoms with Gasteiger partial charge in [0.25, 0.3) is 0 Å². The Bertz CT molecular complexity index is 193. The highest BCUT2D eigenvalue weighted by Crippen LogP contribution is 2.24. The lowest BCUT2D eigenvalue weighted by atomic mass is 9.84. The van der Waals surface area contributed by atoms with Gasteiger partial charge in [0, 0.05) is 0 Å². The van der Waals surface area contributed by atoms with Crippen molar-refractivity contribution in [2.45, 2.75) is 27.2 Å². The van der Waals surface area contributed by atoms with Crippen molar-refractivity contribution < 1.29 is 9.90 Å². The molecule has 0 aromatic carbocycles. The molecule has 0 amide bonds. The van der Waals surface area contributed by atoms with Crippen LogP contribution < -0.4 is 0 Å². The minimum Gasteiger partial charge on any atom is -0.480 e. The van der Waals surface area contributed by atoms with Gasteiger partial charge in [0.15, 0.2) is 5.41 Å². The SMILES string of the molecule is CC(C)CC(C)(C#N)C(=O)O. The van der Waals surface area contributed by atoms with Gasteiger partial charge in [0.05, 0.1) is 6.07 Å². The largest absolute Gasteiger partial charge is 0.480 e. The Hall–Kier alpha value is -1.04. The zero-order valence-corrected chi connectivity index (χ0v) is 7.09. The Morgan fingerprint density at radius 2 is 2.18 bits per heavy atom. The molecule has 0 saturated carbocycles. The number of carbonyl (C=O) groups is 1. The molecule has 0 aromatic heterocycles. The lowest BCUT2D eigenvalue weighted by Gasteiger charge is -2.17. The van der Waals surface area contributed by atoms with Gasteiger partial charge in [-0.1, -0.05) is 13.8 Å². The van der Waals surface area contributed by atoms with Gasteiger partial charge in [-0.15, -0.1) is 0 Å². The Labute approximate surface area is 66.6 Å². The Morgan fingerprint density at radius 1 is 1.73 bits per heavy atom. The van der Waals surface area contributed by atoms with E-state index in [1.807, 2.05) is 19.9 Å². The summed E-state index contributed by atoms with van der Waals surface area (Å²) >= 11 is 0. The van der Waals surface area contributed by atoms with Crippen LogP contribution in [0.4, 0.5) is 0 Å². The molecule has 0 rings (SSSR count). The van der Waals surface area contributed by atoms with Gasteiger partial charge < -0.3 is 5.11 Å². The molecule has 1 atom stereocenters. The van der Waals surface area contributed by atoms with Crippen molar-refractivity contribution in [3.63, 3.8) is 0 Å². The maximum atomic E-state index is 10.6. The molecule has 0 heterocycles. The molecular weight excluding hydrogens is 142 g/mol. The highest BCUT2D eigenvalue weighted by molar-refractivity contribution is 5.77. The summed E-state index contributed by atoms with van der Waals surface area (Å²) < 4.78 is 0. The predicted octanol–water partition coefficient (Wildman–Crippen LogP) is 1.65. The molecule has 0 spiro atoms. The molecule has 0 aliphatic carbocycles. The third-order valence-corrected chi connectivity index (χ3v) is 1.54. The zero-order valence-electron chi connectivity index (χ0n) is 7.09. The van der Waals surface area contributed by atoms with E-state index in [4.69, 9.17) is 10.4 Å². The summed E-state index contributed by atoms with van der Waals surface area (Å²) in [5, 5.41) is 17.2. The average Bonchev–Trinajstić information content (AvgIpc) is 1.86. The Kier molecular flexibility index (Phi) is 3.06. The number of aliphatic carboxylic acids is 1. The Morgan fingerprint density at radius 3 is 2.27 bits per heavy atom. The van der Waals surface area contributed by atoms with Crippen LogP contribution in [0.1, 0.15) is 27.2 Å². The summed E-state index contributed by atoms with van der Waals surface area (Å²) in [5.41, 5.74) is -1.21. The van der Waals surface area contributed by atoms with E-state index >= 15 is 0 Å². The van der Waals surface area contributed by atoms with Crippen LogP contribution >= 0.6 is 0 Å². The minimum absolute atomic E-state index is 0.232. The van der Waals surface area contributed by atoms with E-state index in [0.717, 1.165) is 0 Å². The minimum atomic E-state index is -1.21. The smallest absolute Gasteiger partial charge is 0.323 e. The number of nitriles is 1. The van der Waals surface area contributed by atoms with Crippen LogP contribution in [0.15, 0.2) is 0 Å². The number of hydrogen-bond acceptors (Lipinski definition) is 2. The maximum Gasteiger partial charge on any atom is 0.323 e. The van der Waals surface area contributed by atoms with Crippen LogP contribution in [0, 0.1) is 22.7 Å². The van der Waals surface area contributed by atoms with Gasteiger partial charge in [-0.2, -0.15) is 5.26 Å². The first-order chi connectivity index (χ1) is 4.92. The van der Waals surface area contributed by atoms with E-state index in [1.165, 1.54) is 6.92 Å². The average molecular weight is 155 g/mol. The van der Waals surface area contributed by atoms with Gasteiger partial charge in [-0.05, 0) is 19.3 Å². The topological polar surface area (TPSA) is 61.1 Å². The van der Waals surface area contributed by atoms with Gasteiger partial charge in [-0.3, -0.25) is 4.79 Å². The van der Waals surface area contributed by atoms with Gasteiger partial charge in [-0.25, -0.2) is 0 Å². The second kappa shape index (κ2) is 3.38. The first kappa shape index (κ1) is 9.96. The van der Waals surface area contributed by atoms with Crippen LogP contribution in [0.2, 0.25) is 0 Å². The number of carboxylic acids is 1. The summed E-state index contributed by atoms with van der Waals surface area (Å²) in [5.74, 6) is -0.801. The van der Waals surface area contributed by atoms with Gasteiger partial charge in [0.1, 0.15) is 0 Å². The fourth-order valence-corrected chi connectivity index (χ4v) is 0.997. The summed E-state index contributed by atoms with van der Waals surface area (Å²) in [4.78, 5) is 10.6. The highest BCUT2D eigenvalue weighted by atomic mass is 16.4. The fourth-order valence-electron chi connectivity index (χ4n) is 0.997. The van der Waals surface area contributed by atoms with Crippen molar-refractivity contribution in [2.75, 3.05) is 0 Å². The Balaban J connectivity index is 4.39. The van der Waals surface area contributed by atoms with Gasteiger partial charge >= 0.3 is 5.97 Å². The quantitative estimate of drug-likeness (QED) is 0.674. The molecule has 1 unspecified atom stereocenters. The van der Waals surface area contributed by atoms with Crippen LogP contribution in [0.5, 0.6) is 0 Å². The predicted molar refractivity (Wildman–Crippen MR) is 40.8 cm³/mol. The summed E-state index contributed by atoms with van der Waals surface area (Å²) in [7, 11) is 0. The molecule has 1 N–H and O–H groups in total. The van der Waals surface area contributed by atoms with E-state index in [0.29, 0.717) is 6.42 Å². The summed E-state index contributed by atoms with van der Waals surface area (Å²) in [6, 6.07) is 1.81. The molecular formula is C8H13NO2. The zero-order chi connectivity index (χ0) is 9.07. The second-order valence-electron chi connectivity index (χ2n) is 3.35. The van der Waals surface area contributed by atoms with E-state index in [-0.39, 0.29) is 5.92 Å². The lowest BCUT2D eigenvalue weighted by Crippen LogP contribution is -2.27. The molecule has 0 aliphatic heterocycles. The maximum absolute atomic E-state index is 10.6. The van der Waals surface area contributed by atoms with Crippen molar-refractivity contribution >= 4 is 5.97 Å². The number of nitrogens with zero attached hydrogens (tertiary/aromatic N) is 1. The van der Waals surface area contributed by atoms with Crippen molar-refractivity contribution in [3.05, 3.63) is 0 Å². The second-order valence-corrected chi connectivity index (χ2v) is 3.35. The molecule has 0 saturated heterocycles. The third-order valence-electron chi connectivity index (χ3n) is 1.54. The molecule has 0 bridgehead atoms. The van der Waals surface area contributed by atoms with Crippen LogP contribution in [-0.4, -0.2) is 11.1 Å². The summed E-state index contributed by atoms with van der Waals surface area (Å²) in [6.45, 7) is 5.26. The van der Waals surface area contributed by atoms with Crippen LogP contribution in [0.25, 0.3) is 0 Å². The third kappa shape index (κ3) is 2.58. The van der Waals surface area contributed by atoms with Crippen molar-refractivity contribution in [1.82, 2.24) is 0 Å². The van der Waals surface area contributed by atoms with E-state index in [1.54, 1.807) is 0 Å². The van der Waals surface area contributed by atoms with Gasteiger partial charge in [0.2, 0.25) is 0 Å². The van der Waals surface area contributed by atoms with Crippen LogP contribution in [-0.2, 0) is 4.79 Å².